The van der Waals surface area contributed by atoms with Crippen LogP contribution in [0.3, 0.4) is 0 Å². The normalized spacial score (nSPS) is 28.2. The minimum absolute atomic E-state index is 0.00608. The number of ketones is 1. The topological polar surface area (TPSA) is 46.6 Å². The number of nitrogens with zero attached hydrogens (tertiary/aromatic N) is 1. The predicted octanol–water partition coefficient (Wildman–Crippen LogP) is 0.613. The molecule has 0 amide bonds. The van der Waals surface area contributed by atoms with Crippen LogP contribution in [0.4, 0.5) is 0 Å². The van der Waals surface area contributed by atoms with Crippen LogP contribution >= 0.6 is 0 Å². The average molecular weight is 231 g/mol. The number of cyclic esters (lactones) is 1. The number of ether oxygens (including phenoxy) is 1. The zero-order chi connectivity index (χ0) is 11.8. The van der Waals surface area contributed by atoms with Gasteiger partial charge in [-0.3, -0.25) is 14.5 Å². The van der Waals surface area contributed by atoms with Crippen LogP contribution in [0.25, 0.3) is 0 Å². The van der Waals surface area contributed by atoms with E-state index in [0.717, 1.165) is 5.56 Å². The largest absolute Gasteiger partial charge is 0.463 e. The van der Waals surface area contributed by atoms with Crippen LogP contribution in [0.15, 0.2) is 30.3 Å². The van der Waals surface area contributed by atoms with E-state index in [0.29, 0.717) is 19.7 Å². The molecule has 0 bridgehead atoms. The van der Waals surface area contributed by atoms with Gasteiger partial charge in [-0.15, -0.1) is 0 Å². The van der Waals surface area contributed by atoms with Gasteiger partial charge in [0.1, 0.15) is 12.5 Å². The maximum absolute atomic E-state index is 11.7. The number of esters is 1. The van der Waals surface area contributed by atoms with Gasteiger partial charge >= 0.3 is 5.97 Å². The quantitative estimate of drug-likeness (QED) is 0.553. The molecule has 0 spiro atoms. The molecule has 3 rings (SSSR count). The molecule has 0 radical (unpaired) electrons. The first-order valence-corrected chi connectivity index (χ1v) is 5.73. The molecular weight excluding hydrogens is 218 g/mol. The molecule has 88 valence electrons. The van der Waals surface area contributed by atoms with E-state index < -0.39 is 5.92 Å². The van der Waals surface area contributed by atoms with Crippen LogP contribution in [0, 0.1) is 5.92 Å². The lowest BCUT2D eigenvalue weighted by Gasteiger charge is -2.20. The summed E-state index contributed by atoms with van der Waals surface area (Å²) in [6.07, 6.45) is 0. The van der Waals surface area contributed by atoms with E-state index in [9.17, 15) is 9.59 Å². The fraction of sp³-hybridized carbons (Fsp3) is 0.385. The number of likely N-dealkylation sites (tertiary alicyclic amines) is 1. The van der Waals surface area contributed by atoms with Crippen LogP contribution in [-0.4, -0.2) is 35.8 Å². The van der Waals surface area contributed by atoms with Crippen LogP contribution in [0.1, 0.15) is 5.56 Å². The van der Waals surface area contributed by atoms with E-state index in [1.807, 2.05) is 35.2 Å². The minimum atomic E-state index is -0.543. The van der Waals surface area contributed by atoms with Gasteiger partial charge in [-0.1, -0.05) is 30.3 Å². The van der Waals surface area contributed by atoms with Crippen molar-refractivity contribution in [3.63, 3.8) is 0 Å². The highest BCUT2D eigenvalue weighted by Crippen LogP contribution is 2.29. The summed E-state index contributed by atoms with van der Waals surface area (Å²) in [5.74, 6) is -0.900. The molecule has 2 atom stereocenters. The summed E-state index contributed by atoms with van der Waals surface area (Å²) in [6.45, 7) is 1.41. The van der Waals surface area contributed by atoms with Crippen molar-refractivity contribution in [2.45, 2.75) is 12.6 Å². The Morgan fingerprint density at radius 1 is 1.24 bits per heavy atom. The third-order valence-corrected chi connectivity index (χ3v) is 3.44. The summed E-state index contributed by atoms with van der Waals surface area (Å²) in [7, 11) is 0. The number of fused-ring (bicyclic) bond motifs is 1. The SMILES string of the molecule is O=C1CN(Cc2ccccc2)[C@H]2COC(=O)[C@@H]12. The smallest absolute Gasteiger partial charge is 0.318 e. The number of carbonyl (C=O) groups is 2. The molecule has 17 heavy (non-hydrogen) atoms. The number of benzene rings is 1. The second-order valence-corrected chi connectivity index (χ2v) is 4.53. The molecule has 1 aromatic rings. The molecule has 2 fully saturated rings. The number of carbonyl (C=O) groups excluding carboxylic acids is 2. The summed E-state index contributed by atoms with van der Waals surface area (Å²) in [5.41, 5.74) is 1.15. The molecule has 0 aromatic heterocycles. The second kappa shape index (κ2) is 3.96. The van der Waals surface area contributed by atoms with Gasteiger partial charge in [-0.05, 0) is 5.56 Å². The highest BCUT2D eigenvalue weighted by atomic mass is 16.5. The maximum Gasteiger partial charge on any atom is 0.318 e. The van der Waals surface area contributed by atoms with E-state index in [1.54, 1.807) is 0 Å². The molecule has 2 aliphatic rings. The summed E-state index contributed by atoms with van der Waals surface area (Å²) < 4.78 is 4.96. The molecule has 0 N–H and O–H groups in total. The molecule has 0 aliphatic carbocycles. The Balaban J connectivity index is 1.78. The third-order valence-electron chi connectivity index (χ3n) is 3.44. The van der Waals surface area contributed by atoms with Crippen LogP contribution in [-0.2, 0) is 20.9 Å². The Morgan fingerprint density at radius 3 is 2.76 bits per heavy atom. The van der Waals surface area contributed by atoms with E-state index in [-0.39, 0.29) is 17.8 Å². The summed E-state index contributed by atoms with van der Waals surface area (Å²) in [5, 5.41) is 0. The van der Waals surface area contributed by atoms with Crippen molar-refractivity contribution in [1.82, 2.24) is 4.90 Å². The Hall–Kier alpha value is -1.68. The van der Waals surface area contributed by atoms with E-state index in [4.69, 9.17) is 4.74 Å². The van der Waals surface area contributed by atoms with E-state index in [1.165, 1.54) is 0 Å². The van der Waals surface area contributed by atoms with Gasteiger partial charge in [-0.25, -0.2) is 0 Å². The zero-order valence-corrected chi connectivity index (χ0v) is 9.33. The predicted molar refractivity (Wildman–Crippen MR) is 60.1 cm³/mol. The lowest BCUT2D eigenvalue weighted by atomic mass is 10.0. The number of hydrogen-bond acceptors (Lipinski definition) is 4. The van der Waals surface area contributed by atoms with Gasteiger partial charge in [0, 0.05) is 6.54 Å². The van der Waals surface area contributed by atoms with E-state index >= 15 is 0 Å². The summed E-state index contributed by atoms with van der Waals surface area (Å²) in [4.78, 5) is 25.2. The van der Waals surface area contributed by atoms with Crippen LogP contribution < -0.4 is 0 Å². The molecule has 0 saturated carbocycles. The molecule has 4 nitrogen and oxygen atoms in total. The molecule has 2 aliphatic heterocycles. The molecule has 0 unspecified atom stereocenters. The van der Waals surface area contributed by atoms with Crippen molar-refractivity contribution >= 4 is 11.8 Å². The maximum atomic E-state index is 11.7. The zero-order valence-electron chi connectivity index (χ0n) is 9.33. The van der Waals surface area contributed by atoms with Gasteiger partial charge < -0.3 is 4.74 Å². The Kier molecular flexibility index (Phi) is 2.44. The van der Waals surface area contributed by atoms with Gasteiger partial charge in [-0.2, -0.15) is 0 Å². The highest BCUT2D eigenvalue weighted by molar-refractivity contribution is 6.03. The Labute approximate surface area is 99.2 Å². The average Bonchev–Trinajstić information content (AvgIpc) is 2.84. The van der Waals surface area contributed by atoms with Gasteiger partial charge in [0.15, 0.2) is 5.78 Å². The van der Waals surface area contributed by atoms with Crippen molar-refractivity contribution in [2.24, 2.45) is 5.92 Å². The van der Waals surface area contributed by atoms with Crippen molar-refractivity contribution < 1.29 is 14.3 Å². The lowest BCUT2D eigenvalue weighted by Crippen LogP contribution is -2.32. The minimum Gasteiger partial charge on any atom is -0.463 e. The number of Topliss-reactive ketones (excluding diaryl/α,β-unsaturated/α-hetero) is 1. The Bertz CT molecular complexity index is 457. The first-order chi connectivity index (χ1) is 8.25. The van der Waals surface area contributed by atoms with Gasteiger partial charge in [0.2, 0.25) is 0 Å². The number of rotatable bonds is 2. The van der Waals surface area contributed by atoms with Crippen molar-refractivity contribution in [2.75, 3.05) is 13.2 Å². The fourth-order valence-electron chi connectivity index (χ4n) is 2.58. The Morgan fingerprint density at radius 2 is 2.00 bits per heavy atom. The van der Waals surface area contributed by atoms with Crippen molar-refractivity contribution in [1.29, 1.82) is 0 Å². The van der Waals surface area contributed by atoms with Crippen LogP contribution in [0.2, 0.25) is 0 Å². The molecular formula is C13H13NO3. The highest BCUT2D eigenvalue weighted by Gasteiger charge is 2.50. The molecule has 1 aromatic carbocycles. The van der Waals surface area contributed by atoms with E-state index in [2.05, 4.69) is 0 Å². The number of hydrogen-bond donors (Lipinski definition) is 0. The molecule has 4 heteroatoms. The first kappa shape index (κ1) is 10.5. The lowest BCUT2D eigenvalue weighted by molar-refractivity contribution is -0.144. The van der Waals surface area contributed by atoms with Crippen molar-refractivity contribution in [3.8, 4) is 0 Å². The molecule has 2 heterocycles. The van der Waals surface area contributed by atoms with Crippen LogP contribution in [0.5, 0.6) is 0 Å². The van der Waals surface area contributed by atoms with Crippen molar-refractivity contribution in [3.05, 3.63) is 35.9 Å². The summed E-state index contributed by atoms with van der Waals surface area (Å²) in [6, 6.07) is 9.89. The second-order valence-electron chi connectivity index (χ2n) is 4.53. The monoisotopic (exact) mass is 231 g/mol. The fourth-order valence-corrected chi connectivity index (χ4v) is 2.58. The molecule has 2 saturated heterocycles. The first-order valence-electron chi connectivity index (χ1n) is 5.73. The third kappa shape index (κ3) is 1.74. The summed E-state index contributed by atoms with van der Waals surface area (Å²) >= 11 is 0. The van der Waals surface area contributed by atoms with Gasteiger partial charge in [0.25, 0.3) is 0 Å². The van der Waals surface area contributed by atoms with Gasteiger partial charge in [0.05, 0.1) is 12.6 Å². The standard InChI is InChI=1S/C13H13NO3/c15-11-7-14(6-9-4-2-1-3-5-9)10-8-17-13(16)12(10)11/h1-5,10,12H,6-8H2/t10-,12+/m0/s1.